The van der Waals surface area contributed by atoms with Gasteiger partial charge in [-0.1, -0.05) is 48.5 Å². The number of aryl methyl sites for hydroxylation is 2. The van der Waals surface area contributed by atoms with Gasteiger partial charge in [0.25, 0.3) is 11.8 Å². The summed E-state index contributed by atoms with van der Waals surface area (Å²) in [6.45, 7) is 11.7. The van der Waals surface area contributed by atoms with Crippen LogP contribution < -0.4 is 51.9 Å². The summed E-state index contributed by atoms with van der Waals surface area (Å²) in [7, 11) is 0. The third-order valence-electron chi connectivity index (χ3n) is 17.0. The number of alkyl carbamates (subject to hydrolysis) is 1. The van der Waals surface area contributed by atoms with E-state index < -0.39 is 58.4 Å². The molecular formula is C71H72F6N14O6. The van der Waals surface area contributed by atoms with Gasteiger partial charge in [-0.15, -0.1) is 0 Å². The zero-order valence-electron chi connectivity index (χ0n) is 54.0. The third kappa shape index (κ3) is 15.7. The van der Waals surface area contributed by atoms with Crippen molar-refractivity contribution in [2.45, 2.75) is 104 Å². The molecule has 2 saturated heterocycles. The summed E-state index contributed by atoms with van der Waals surface area (Å²) in [4.78, 5) is 90.4. The van der Waals surface area contributed by atoms with Crippen molar-refractivity contribution in [2.24, 2.45) is 5.73 Å². The van der Waals surface area contributed by atoms with Crippen LogP contribution in [0.3, 0.4) is 0 Å². The monoisotopic (exact) mass is 1330 g/mol. The van der Waals surface area contributed by atoms with Crippen molar-refractivity contribution in [3.8, 4) is 22.5 Å². The molecule has 6 aromatic carbocycles. The number of benzene rings is 6. The molecule has 0 spiro atoms. The smallest absolute Gasteiger partial charge is 0.407 e. The number of amides is 7. The number of hydrogen-bond donors (Lipinski definition) is 6. The molecule has 97 heavy (non-hydrogen) atoms. The highest BCUT2D eigenvalue weighted by molar-refractivity contribution is 6.04. The van der Waals surface area contributed by atoms with Crippen molar-refractivity contribution in [3.63, 3.8) is 0 Å². The number of para-hydroxylation sites is 2. The number of aromatic nitrogens is 4. The standard InChI is InChI=1S/C38H40F3N7O4.C33H32F3N7O2/c1-22-8-11-24(34(49)42-17-14-23-9-12-25(39)13-10-23)20-27(22)31-28-21-43-36(50)48(32-29(40)6-5-7-30(32)41)33(28)46-35(45-31)47-18-15-26(16-19-47)44-37(51)52-38(2,3)4;1-19-5-8-21(31(44)38-14-11-20-6-9-22(34)10-7-20)17-24(19)28-25-18-39-33(45)43(29-26(35)3-2-4-27(29)36)30(25)41-32(40-28)42-15-12-23(37)13-16-42/h5-13,20,26H,14-19,21H2,1-4H3,(H,42,49)(H,43,50)(H,44,51);2-10,17,23H,11-16,18,37H2,1H3,(H,38,44)(H,39,45). The van der Waals surface area contributed by atoms with Crippen LogP contribution in [0.4, 0.5) is 75.6 Å². The number of piperidine rings is 2. The van der Waals surface area contributed by atoms with E-state index in [1.807, 2.05) is 23.6 Å². The van der Waals surface area contributed by atoms with Gasteiger partial charge in [-0.2, -0.15) is 9.97 Å². The van der Waals surface area contributed by atoms with Gasteiger partial charge in [0.2, 0.25) is 11.9 Å². The van der Waals surface area contributed by atoms with Crippen LogP contribution in [0, 0.1) is 48.8 Å². The number of nitrogens with one attached hydrogen (secondary N) is 5. The zero-order chi connectivity index (χ0) is 68.8. The van der Waals surface area contributed by atoms with Gasteiger partial charge >= 0.3 is 18.2 Å². The molecule has 7 N–H and O–H groups in total. The highest BCUT2D eigenvalue weighted by Crippen LogP contribution is 2.42. The van der Waals surface area contributed by atoms with Gasteiger partial charge in [-0.05, 0) is 168 Å². The lowest BCUT2D eigenvalue weighted by Gasteiger charge is -2.35. The molecular weight excluding hydrogens is 1260 g/mol. The average Bonchev–Trinajstić information content (AvgIpc) is 0.752. The maximum Gasteiger partial charge on any atom is 0.407 e. The van der Waals surface area contributed by atoms with Crippen LogP contribution in [0.15, 0.2) is 121 Å². The average molecular weight is 1330 g/mol. The van der Waals surface area contributed by atoms with Gasteiger partial charge in [0, 0.05) is 84.7 Å². The highest BCUT2D eigenvalue weighted by Gasteiger charge is 2.38. The van der Waals surface area contributed by atoms with E-state index in [0.29, 0.717) is 129 Å². The zero-order valence-corrected chi connectivity index (χ0v) is 54.0. The van der Waals surface area contributed by atoms with Gasteiger partial charge in [0.05, 0.1) is 24.5 Å². The Morgan fingerprint density at radius 2 is 0.948 bits per heavy atom. The van der Waals surface area contributed by atoms with Crippen molar-refractivity contribution in [3.05, 3.63) is 201 Å². The molecule has 0 unspecified atom stereocenters. The summed E-state index contributed by atoms with van der Waals surface area (Å²) in [5.74, 6) is -4.46. The second-order valence-corrected chi connectivity index (χ2v) is 25.0. The number of urea groups is 2. The number of carbonyl (C=O) groups is 5. The summed E-state index contributed by atoms with van der Waals surface area (Å²) >= 11 is 0. The lowest BCUT2D eigenvalue weighted by molar-refractivity contribution is 0.0496. The Hall–Kier alpha value is -10.6. The van der Waals surface area contributed by atoms with E-state index in [1.54, 1.807) is 81.4 Å². The molecule has 0 radical (unpaired) electrons. The van der Waals surface area contributed by atoms with E-state index in [4.69, 9.17) is 30.4 Å². The third-order valence-corrected chi connectivity index (χ3v) is 17.0. The Morgan fingerprint density at radius 3 is 1.34 bits per heavy atom. The molecule has 2 aromatic heterocycles. The van der Waals surface area contributed by atoms with Gasteiger partial charge in [0.15, 0.2) is 11.6 Å². The molecule has 0 bridgehead atoms. The van der Waals surface area contributed by atoms with E-state index in [0.717, 1.165) is 56.3 Å². The largest absolute Gasteiger partial charge is 0.444 e. The fourth-order valence-electron chi connectivity index (χ4n) is 11.8. The summed E-state index contributed by atoms with van der Waals surface area (Å²) in [6, 6.07) is 27.6. The fraction of sp³-hybridized carbons (Fsp3) is 0.310. The predicted octanol–water partition coefficient (Wildman–Crippen LogP) is 11.8. The molecule has 504 valence electrons. The first-order valence-electron chi connectivity index (χ1n) is 31.8. The minimum atomic E-state index is -0.950. The van der Waals surface area contributed by atoms with Crippen LogP contribution >= 0.6 is 0 Å². The quantitative estimate of drug-likeness (QED) is 0.0524. The minimum Gasteiger partial charge on any atom is -0.444 e. The van der Waals surface area contributed by atoms with E-state index in [1.165, 1.54) is 36.4 Å². The molecule has 4 aliphatic heterocycles. The first-order valence-corrected chi connectivity index (χ1v) is 31.8. The molecule has 8 aromatic rings. The molecule has 20 nitrogen and oxygen atoms in total. The van der Waals surface area contributed by atoms with Crippen LogP contribution in [0.25, 0.3) is 22.5 Å². The Morgan fingerprint density at radius 1 is 0.557 bits per heavy atom. The molecule has 0 atom stereocenters. The van der Waals surface area contributed by atoms with E-state index in [-0.39, 0.29) is 66.2 Å². The van der Waals surface area contributed by atoms with Gasteiger partial charge in [0.1, 0.15) is 51.9 Å². The number of anilines is 6. The lowest BCUT2D eigenvalue weighted by atomic mass is 9.97. The van der Waals surface area contributed by atoms with E-state index in [9.17, 15) is 32.8 Å². The van der Waals surface area contributed by atoms with Crippen LogP contribution in [0.1, 0.15) is 101 Å². The lowest BCUT2D eigenvalue weighted by Crippen LogP contribution is -2.47. The maximum absolute atomic E-state index is 15.2. The molecule has 6 heterocycles. The number of nitrogens with two attached hydrogens (primary N) is 1. The van der Waals surface area contributed by atoms with Crippen LogP contribution in [0.2, 0.25) is 0 Å². The van der Waals surface area contributed by atoms with Crippen molar-refractivity contribution in [1.29, 1.82) is 0 Å². The van der Waals surface area contributed by atoms with Crippen molar-refractivity contribution >= 4 is 64.9 Å². The Bertz CT molecular complexity index is 4260. The maximum atomic E-state index is 15.2. The van der Waals surface area contributed by atoms with E-state index >= 15 is 17.6 Å². The molecule has 0 saturated carbocycles. The molecule has 0 aliphatic carbocycles. The topological polar surface area (TPSA) is 245 Å². The number of hydrogen-bond acceptors (Lipinski definition) is 13. The number of rotatable bonds is 15. The van der Waals surface area contributed by atoms with Crippen molar-refractivity contribution < 1.29 is 55.1 Å². The highest BCUT2D eigenvalue weighted by atomic mass is 19.2. The Kier molecular flexibility index (Phi) is 20.4. The summed E-state index contributed by atoms with van der Waals surface area (Å²) < 4.78 is 92.6. The van der Waals surface area contributed by atoms with Gasteiger partial charge in [-0.25, -0.2) is 60.5 Å². The number of carbonyl (C=O) groups excluding carboxylic acids is 5. The second kappa shape index (κ2) is 29.2. The second-order valence-electron chi connectivity index (χ2n) is 25.0. The van der Waals surface area contributed by atoms with E-state index in [2.05, 4.69) is 26.6 Å². The van der Waals surface area contributed by atoms with Gasteiger partial charge in [-0.3, -0.25) is 9.59 Å². The minimum absolute atomic E-state index is 0.00869. The molecule has 12 rings (SSSR count). The molecule has 2 fully saturated rings. The molecule has 26 heteroatoms. The van der Waals surface area contributed by atoms with Gasteiger partial charge < -0.3 is 46.9 Å². The van der Waals surface area contributed by atoms with Crippen LogP contribution in [-0.2, 0) is 30.7 Å². The Labute approximate surface area is 556 Å². The predicted molar refractivity (Wildman–Crippen MR) is 355 cm³/mol. The number of fused-ring (bicyclic) bond motifs is 2. The Balaban J connectivity index is 0.000000199. The van der Waals surface area contributed by atoms with Crippen LogP contribution in [0.5, 0.6) is 0 Å². The first kappa shape index (κ1) is 67.8. The number of halogens is 6. The van der Waals surface area contributed by atoms with Crippen molar-refractivity contribution in [1.82, 2.24) is 46.5 Å². The fourth-order valence-corrected chi connectivity index (χ4v) is 11.8. The van der Waals surface area contributed by atoms with Crippen molar-refractivity contribution in [2.75, 3.05) is 58.9 Å². The number of nitrogens with zero attached hydrogens (tertiary/aromatic N) is 8. The van der Waals surface area contributed by atoms with Crippen LogP contribution in [-0.4, -0.2) is 107 Å². The summed E-state index contributed by atoms with van der Waals surface area (Å²) in [5.41, 5.74) is 11.3. The summed E-state index contributed by atoms with van der Waals surface area (Å²) in [5, 5.41) is 14.1. The molecule has 4 aliphatic rings. The SMILES string of the molecule is Cc1ccc(C(=O)NCCc2ccc(F)cc2)cc1-c1nc(N2CCC(N)CC2)nc2c1CNC(=O)N2c1c(F)cccc1F.Cc1ccc(C(=O)NCCc2ccc(F)cc2)cc1-c1nc(N2CCC(NC(=O)OC(C)(C)C)CC2)nc2c1CNC(=O)N2c1c(F)cccc1F. The normalized spacial score (nSPS) is 14.9. The first-order chi connectivity index (χ1) is 46.5. The number of ether oxygens (including phenoxy) is 1. The molecule has 7 amide bonds. The summed E-state index contributed by atoms with van der Waals surface area (Å²) in [6.07, 6.45) is 2.99.